The molecular weight excluding hydrogens is 286 g/mol. The van der Waals surface area contributed by atoms with Gasteiger partial charge in [-0.3, -0.25) is 14.7 Å². The molecule has 0 fully saturated rings. The molecule has 0 spiro atoms. The van der Waals surface area contributed by atoms with E-state index in [1.54, 1.807) is 23.3 Å². The Balaban J connectivity index is 1.76. The fourth-order valence-electron chi connectivity index (χ4n) is 2.46. The smallest absolute Gasteiger partial charge is 0.229 e. The predicted octanol–water partition coefficient (Wildman–Crippen LogP) is 2.64. The number of hydrogen-bond donors (Lipinski definition) is 1. The van der Waals surface area contributed by atoms with Crippen LogP contribution in [0.1, 0.15) is 16.9 Å². The summed E-state index contributed by atoms with van der Waals surface area (Å²) in [5, 5.41) is 3.39. The molecule has 2 aromatic rings. The lowest BCUT2D eigenvalue weighted by atomic mass is 10.0. The predicted molar refractivity (Wildman–Crippen MR) is 83.6 cm³/mol. The first kappa shape index (κ1) is 14.0. The van der Waals surface area contributed by atoms with Gasteiger partial charge in [0.05, 0.1) is 12.1 Å². The Morgan fingerprint density at radius 2 is 2.33 bits per heavy atom. The first-order chi connectivity index (χ1) is 10.3. The van der Waals surface area contributed by atoms with Crippen LogP contribution >= 0.6 is 11.3 Å². The Bertz CT molecular complexity index is 628. The lowest BCUT2D eigenvalue weighted by molar-refractivity contribution is -0.119. The Morgan fingerprint density at radius 1 is 1.43 bits per heavy atom. The third kappa shape index (κ3) is 3.06. The Morgan fingerprint density at radius 3 is 3.10 bits per heavy atom. The molecule has 3 rings (SSSR count). The first-order valence-corrected chi connectivity index (χ1v) is 7.69. The monoisotopic (exact) mass is 303 g/mol. The summed E-state index contributed by atoms with van der Waals surface area (Å²) in [5.74, 6) is 0.120. The number of anilines is 2. The summed E-state index contributed by atoms with van der Waals surface area (Å²) in [6, 6.07) is 6.10. The van der Waals surface area contributed by atoms with E-state index in [0.717, 1.165) is 24.3 Å². The molecule has 1 aromatic carbocycles. The molecule has 1 aromatic heterocycles. The summed E-state index contributed by atoms with van der Waals surface area (Å²) in [6.45, 7) is 1.07. The summed E-state index contributed by atoms with van der Waals surface area (Å²) in [7, 11) is 1.60. The molecule has 1 aliphatic heterocycles. The molecule has 21 heavy (non-hydrogen) atoms. The number of ether oxygens (including phenoxy) is 1. The van der Waals surface area contributed by atoms with Crippen molar-refractivity contribution < 1.29 is 9.53 Å². The average Bonchev–Trinajstić information content (AvgIpc) is 3.01. The second kappa shape index (κ2) is 6.24. The highest BCUT2D eigenvalue weighted by Gasteiger charge is 2.23. The Hall–Kier alpha value is -1.92. The van der Waals surface area contributed by atoms with Crippen molar-refractivity contribution in [2.24, 2.45) is 0 Å². The maximum absolute atomic E-state index is 11.9. The van der Waals surface area contributed by atoms with Crippen LogP contribution in [0.5, 0.6) is 0 Å². The number of amides is 1. The largest absolute Gasteiger partial charge is 0.380 e. The van der Waals surface area contributed by atoms with Crippen molar-refractivity contribution in [3.05, 3.63) is 40.3 Å². The molecule has 110 valence electrons. The molecule has 0 saturated heterocycles. The van der Waals surface area contributed by atoms with Gasteiger partial charge in [-0.05, 0) is 30.2 Å². The van der Waals surface area contributed by atoms with Crippen LogP contribution in [0.2, 0.25) is 0 Å². The van der Waals surface area contributed by atoms with E-state index in [2.05, 4.69) is 16.4 Å². The van der Waals surface area contributed by atoms with Crippen LogP contribution in [-0.4, -0.2) is 24.7 Å². The van der Waals surface area contributed by atoms with Gasteiger partial charge in [0.1, 0.15) is 6.73 Å². The second-order valence-corrected chi connectivity index (χ2v) is 5.88. The zero-order valence-electron chi connectivity index (χ0n) is 11.8. The molecule has 1 aliphatic rings. The maximum Gasteiger partial charge on any atom is 0.229 e. The van der Waals surface area contributed by atoms with E-state index in [4.69, 9.17) is 4.74 Å². The maximum atomic E-state index is 11.9. The lowest BCUT2D eigenvalue weighted by Crippen LogP contribution is -2.36. The van der Waals surface area contributed by atoms with Gasteiger partial charge in [-0.1, -0.05) is 0 Å². The highest BCUT2D eigenvalue weighted by atomic mass is 32.1. The van der Waals surface area contributed by atoms with Gasteiger partial charge in [0.15, 0.2) is 0 Å². The normalized spacial score (nSPS) is 14.1. The van der Waals surface area contributed by atoms with Crippen LogP contribution in [0, 0.1) is 0 Å². The fraction of sp³-hybridized carbons (Fsp3) is 0.333. The lowest BCUT2D eigenvalue weighted by Gasteiger charge is -2.29. The molecular formula is C15H17N3O2S. The van der Waals surface area contributed by atoms with Crippen LogP contribution in [0.4, 0.5) is 11.4 Å². The van der Waals surface area contributed by atoms with Crippen molar-refractivity contribution >= 4 is 28.6 Å². The minimum atomic E-state index is 0.120. The van der Waals surface area contributed by atoms with Crippen molar-refractivity contribution in [3.63, 3.8) is 0 Å². The molecule has 5 nitrogen and oxygen atoms in total. The zero-order valence-corrected chi connectivity index (χ0v) is 12.7. The number of aryl methyl sites for hydroxylation is 1. The van der Waals surface area contributed by atoms with E-state index in [1.165, 1.54) is 10.4 Å². The number of fused-ring (bicyclic) bond motifs is 1. The third-order valence-electron chi connectivity index (χ3n) is 3.49. The topological polar surface area (TPSA) is 54.5 Å². The molecule has 6 heteroatoms. The molecule has 0 unspecified atom stereocenters. The quantitative estimate of drug-likeness (QED) is 0.922. The average molecular weight is 303 g/mol. The highest BCUT2D eigenvalue weighted by Crippen LogP contribution is 2.30. The third-order valence-corrected chi connectivity index (χ3v) is 4.27. The van der Waals surface area contributed by atoms with E-state index in [0.29, 0.717) is 13.2 Å². The van der Waals surface area contributed by atoms with E-state index in [-0.39, 0.29) is 5.91 Å². The summed E-state index contributed by atoms with van der Waals surface area (Å²) in [6.07, 6.45) is 3.19. The van der Waals surface area contributed by atoms with Gasteiger partial charge in [0.2, 0.25) is 5.91 Å². The van der Waals surface area contributed by atoms with Crippen LogP contribution in [0.15, 0.2) is 29.9 Å². The van der Waals surface area contributed by atoms with Crippen molar-refractivity contribution in [3.8, 4) is 0 Å². The van der Waals surface area contributed by atoms with Gasteiger partial charge in [-0.2, -0.15) is 0 Å². The van der Waals surface area contributed by atoms with E-state index in [9.17, 15) is 4.79 Å². The van der Waals surface area contributed by atoms with Gasteiger partial charge in [-0.15, -0.1) is 11.3 Å². The number of nitrogens with zero attached hydrogens (tertiary/aromatic N) is 2. The van der Waals surface area contributed by atoms with Crippen LogP contribution < -0.4 is 10.2 Å². The summed E-state index contributed by atoms with van der Waals surface area (Å²) >= 11 is 1.64. The minimum absolute atomic E-state index is 0.120. The van der Waals surface area contributed by atoms with Gasteiger partial charge < -0.3 is 10.1 Å². The molecule has 1 amide bonds. The number of aromatic nitrogens is 1. The van der Waals surface area contributed by atoms with Crippen molar-refractivity contribution in [1.29, 1.82) is 0 Å². The standard InChI is InChI=1S/C15H17N3O2S/c1-20-10-18-14-4-3-12(6-11(14)2-5-15(18)19)17-8-13-7-16-9-21-13/h3-4,6-7,9,17H,2,5,8,10H2,1H3. The van der Waals surface area contributed by atoms with Gasteiger partial charge >= 0.3 is 0 Å². The van der Waals surface area contributed by atoms with Gasteiger partial charge in [0.25, 0.3) is 0 Å². The number of carbonyl (C=O) groups is 1. The van der Waals surface area contributed by atoms with Crippen LogP contribution in [-0.2, 0) is 22.5 Å². The number of methoxy groups -OCH3 is 1. The van der Waals surface area contributed by atoms with Crippen molar-refractivity contribution in [2.45, 2.75) is 19.4 Å². The Kier molecular flexibility index (Phi) is 4.17. The molecule has 0 bridgehead atoms. The highest BCUT2D eigenvalue weighted by molar-refractivity contribution is 7.09. The second-order valence-electron chi connectivity index (χ2n) is 4.90. The zero-order chi connectivity index (χ0) is 14.7. The van der Waals surface area contributed by atoms with E-state index < -0.39 is 0 Å². The Labute approximate surface area is 127 Å². The van der Waals surface area contributed by atoms with Crippen LogP contribution in [0.3, 0.4) is 0 Å². The number of hydrogen-bond acceptors (Lipinski definition) is 5. The molecule has 0 aliphatic carbocycles. The molecule has 1 N–H and O–H groups in total. The molecule has 0 radical (unpaired) electrons. The minimum Gasteiger partial charge on any atom is -0.380 e. The SMILES string of the molecule is COCN1C(=O)CCc2cc(NCc3cncs3)ccc21. The number of nitrogens with one attached hydrogen (secondary N) is 1. The molecule has 0 saturated carbocycles. The van der Waals surface area contributed by atoms with Gasteiger partial charge in [0, 0.05) is 36.0 Å². The number of carbonyl (C=O) groups excluding carboxylic acids is 1. The van der Waals surface area contributed by atoms with Crippen molar-refractivity contribution in [2.75, 3.05) is 24.1 Å². The summed E-state index contributed by atoms with van der Waals surface area (Å²) in [5.41, 5.74) is 5.03. The van der Waals surface area contributed by atoms with Crippen LogP contribution in [0.25, 0.3) is 0 Å². The molecule has 0 atom stereocenters. The fourth-order valence-corrected chi connectivity index (χ4v) is 2.99. The molecule has 2 heterocycles. The first-order valence-electron chi connectivity index (χ1n) is 6.81. The number of benzene rings is 1. The number of thiazole rings is 1. The summed E-state index contributed by atoms with van der Waals surface area (Å²) < 4.78 is 5.12. The van der Waals surface area contributed by atoms with Gasteiger partial charge in [-0.25, -0.2) is 0 Å². The number of rotatable bonds is 5. The van der Waals surface area contributed by atoms with E-state index >= 15 is 0 Å². The van der Waals surface area contributed by atoms with Crippen molar-refractivity contribution in [1.82, 2.24) is 4.98 Å². The van der Waals surface area contributed by atoms with E-state index in [1.807, 2.05) is 23.8 Å². The summed E-state index contributed by atoms with van der Waals surface area (Å²) in [4.78, 5) is 18.9.